The first kappa shape index (κ1) is 17.4. The molecule has 5 heteroatoms. The molecule has 0 fully saturated rings. The Bertz CT molecular complexity index is 722. The highest BCUT2D eigenvalue weighted by Crippen LogP contribution is 2.25. The zero-order valence-electron chi connectivity index (χ0n) is 14.3. The molecule has 0 aliphatic rings. The summed E-state index contributed by atoms with van der Waals surface area (Å²) in [6.07, 6.45) is 0. The van der Waals surface area contributed by atoms with E-state index in [0.29, 0.717) is 11.6 Å². The summed E-state index contributed by atoms with van der Waals surface area (Å²) in [7, 11) is 3.41. The van der Waals surface area contributed by atoms with Gasteiger partial charge in [-0.25, -0.2) is 0 Å². The molecule has 0 unspecified atom stereocenters. The summed E-state index contributed by atoms with van der Waals surface area (Å²) in [5.74, 6) is 0.730. The van der Waals surface area contributed by atoms with Gasteiger partial charge in [-0.2, -0.15) is 0 Å². The number of carbonyl (C=O) groups is 1. The maximum Gasteiger partial charge on any atom is 0.255 e. The van der Waals surface area contributed by atoms with Crippen molar-refractivity contribution in [1.82, 2.24) is 9.47 Å². The summed E-state index contributed by atoms with van der Waals surface area (Å²) in [5, 5.41) is 0.630. The van der Waals surface area contributed by atoms with Crippen LogP contribution in [0.4, 0.5) is 0 Å². The lowest BCUT2D eigenvalue weighted by molar-refractivity contribution is 0.0783. The largest absolute Gasteiger partial charge is 0.496 e. The van der Waals surface area contributed by atoms with Gasteiger partial charge in [-0.05, 0) is 45.0 Å². The molecular formula is C18H23ClN2O2. The van der Waals surface area contributed by atoms with Crippen molar-refractivity contribution in [2.45, 2.75) is 33.9 Å². The molecule has 124 valence electrons. The SMILES string of the molecule is CCn1c(C)cc(C(=O)N(C)Cc2cc(Cl)ccc2OC)c1C. The highest BCUT2D eigenvalue weighted by Gasteiger charge is 2.19. The van der Waals surface area contributed by atoms with Gasteiger partial charge in [0.2, 0.25) is 0 Å². The van der Waals surface area contributed by atoms with Crippen LogP contribution in [0.2, 0.25) is 5.02 Å². The van der Waals surface area contributed by atoms with Crippen molar-refractivity contribution in [2.24, 2.45) is 0 Å². The first-order chi connectivity index (χ1) is 10.9. The Morgan fingerprint density at radius 2 is 2.00 bits per heavy atom. The molecule has 0 atom stereocenters. The van der Waals surface area contributed by atoms with E-state index in [1.807, 2.05) is 32.0 Å². The van der Waals surface area contributed by atoms with E-state index in [9.17, 15) is 4.79 Å². The van der Waals surface area contributed by atoms with Gasteiger partial charge in [-0.1, -0.05) is 11.6 Å². The lowest BCUT2D eigenvalue weighted by Gasteiger charge is -2.19. The average Bonchev–Trinajstić information content (AvgIpc) is 2.80. The Morgan fingerprint density at radius 3 is 2.57 bits per heavy atom. The van der Waals surface area contributed by atoms with Gasteiger partial charge in [-0.3, -0.25) is 4.79 Å². The standard InChI is InChI=1S/C18H23ClN2O2/c1-6-21-12(2)9-16(13(21)3)18(22)20(4)11-14-10-15(19)7-8-17(14)23-5/h7-10H,6,11H2,1-5H3. The molecule has 0 radical (unpaired) electrons. The monoisotopic (exact) mass is 334 g/mol. The van der Waals surface area contributed by atoms with Crippen molar-refractivity contribution >= 4 is 17.5 Å². The molecule has 1 aromatic carbocycles. The predicted octanol–water partition coefficient (Wildman–Crippen LogP) is 4.06. The Balaban J connectivity index is 2.26. The quantitative estimate of drug-likeness (QED) is 0.826. The van der Waals surface area contributed by atoms with Gasteiger partial charge < -0.3 is 14.2 Å². The molecule has 2 aromatic rings. The highest BCUT2D eigenvalue weighted by molar-refractivity contribution is 6.30. The lowest BCUT2D eigenvalue weighted by atomic mass is 10.1. The number of aryl methyl sites for hydroxylation is 1. The third-order valence-corrected chi connectivity index (χ3v) is 4.35. The third kappa shape index (κ3) is 3.53. The third-order valence-electron chi connectivity index (χ3n) is 4.12. The summed E-state index contributed by atoms with van der Waals surface area (Å²) in [4.78, 5) is 14.5. The molecule has 0 saturated carbocycles. The molecule has 0 N–H and O–H groups in total. The van der Waals surface area contributed by atoms with Crippen molar-refractivity contribution in [3.8, 4) is 5.75 Å². The average molecular weight is 335 g/mol. The number of methoxy groups -OCH3 is 1. The molecule has 1 aromatic heterocycles. The van der Waals surface area contributed by atoms with Crippen LogP contribution in [0, 0.1) is 13.8 Å². The summed E-state index contributed by atoms with van der Waals surface area (Å²) in [6, 6.07) is 7.38. The van der Waals surface area contributed by atoms with Crippen molar-refractivity contribution in [3.05, 3.63) is 51.8 Å². The van der Waals surface area contributed by atoms with Gasteiger partial charge in [0.15, 0.2) is 0 Å². The lowest BCUT2D eigenvalue weighted by Crippen LogP contribution is -2.26. The first-order valence-electron chi connectivity index (χ1n) is 7.63. The number of aromatic nitrogens is 1. The van der Waals surface area contributed by atoms with Crippen LogP contribution in [0.5, 0.6) is 5.75 Å². The number of hydrogen-bond donors (Lipinski definition) is 0. The fraction of sp³-hybridized carbons (Fsp3) is 0.389. The molecule has 23 heavy (non-hydrogen) atoms. The molecular weight excluding hydrogens is 312 g/mol. The number of benzene rings is 1. The molecule has 1 amide bonds. The van der Waals surface area contributed by atoms with Crippen LogP contribution in [0.15, 0.2) is 24.3 Å². The van der Waals surface area contributed by atoms with E-state index < -0.39 is 0 Å². The summed E-state index contributed by atoms with van der Waals surface area (Å²) >= 11 is 6.06. The number of halogens is 1. The van der Waals surface area contributed by atoms with E-state index in [-0.39, 0.29) is 5.91 Å². The van der Waals surface area contributed by atoms with Crippen molar-refractivity contribution in [1.29, 1.82) is 0 Å². The van der Waals surface area contributed by atoms with Gasteiger partial charge in [0.1, 0.15) is 5.75 Å². The second kappa shape index (κ2) is 7.09. The van der Waals surface area contributed by atoms with E-state index in [1.54, 1.807) is 25.1 Å². The summed E-state index contributed by atoms with van der Waals surface area (Å²) < 4.78 is 7.49. The topological polar surface area (TPSA) is 34.5 Å². The van der Waals surface area contributed by atoms with Crippen molar-refractivity contribution < 1.29 is 9.53 Å². The first-order valence-corrected chi connectivity index (χ1v) is 8.01. The molecule has 0 spiro atoms. The number of carbonyl (C=O) groups excluding carboxylic acids is 1. The minimum absolute atomic E-state index is 0.000159. The van der Waals surface area contributed by atoms with Crippen LogP contribution in [0.25, 0.3) is 0 Å². The number of nitrogens with zero attached hydrogens (tertiary/aromatic N) is 2. The van der Waals surface area contributed by atoms with Gasteiger partial charge in [0.25, 0.3) is 5.91 Å². The van der Waals surface area contributed by atoms with E-state index in [2.05, 4.69) is 11.5 Å². The number of hydrogen-bond acceptors (Lipinski definition) is 2. The van der Waals surface area contributed by atoms with Gasteiger partial charge in [0.05, 0.1) is 12.7 Å². The normalized spacial score (nSPS) is 10.7. The van der Waals surface area contributed by atoms with Crippen LogP contribution < -0.4 is 4.74 Å². The van der Waals surface area contributed by atoms with Gasteiger partial charge in [-0.15, -0.1) is 0 Å². The Kier molecular flexibility index (Phi) is 5.37. The Morgan fingerprint density at radius 1 is 1.30 bits per heavy atom. The maximum absolute atomic E-state index is 12.8. The Hall–Kier alpha value is -1.94. The molecule has 4 nitrogen and oxygen atoms in total. The van der Waals surface area contributed by atoms with Crippen LogP contribution in [0.3, 0.4) is 0 Å². The zero-order valence-corrected chi connectivity index (χ0v) is 15.1. The van der Waals surface area contributed by atoms with Gasteiger partial charge in [0, 0.05) is 42.1 Å². The molecule has 0 aliphatic carbocycles. The molecule has 1 heterocycles. The van der Waals surface area contributed by atoms with E-state index in [0.717, 1.165) is 34.8 Å². The summed E-state index contributed by atoms with van der Waals surface area (Å²) in [6.45, 7) is 7.38. The summed E-state index contributed by atoms with van der Waals surface area (Å²) in [5.41, 5.74) is 3.73. The fourth-order valence-corrected chi connectivity index (χ4v) is 3.10. The number of ether oxygens (including phenoxy) is 1. The molecule has 0 aliphatic heterocycles. The Labute approximate surface area is 142 Å². The van der Waals surface area contributed by atoms with E-state index in [4.69, 9.17) is 16.3 Å². The smallest absolute Gasteiger partial charge is 0.255 e. The van der Waals surface area contributed by atoms with Crippen LogP contribution in [-0.4, -0.2) is 29.5 Å². The molecule has 2 rings (SSSR count). The fourth-order valence-electron chi connectivity index (χ4n) is 2.91. The maximum atomic E-state index is 12.8. The van der Waals surface area contributed by atoms with Crippen LogP contribution >= 0.6 is 11.6 Å². The number of amides is 1. The van der Waals surface area contributed by atoms with Crippen LogP contribution in [-0.2, 0) is 13.1 Å². The minimum atomic E-state index is -0.000159. The number of rotatable bonds is 5. The highest BCUT2D eigenvalue weighted by atomic mass is 35.5. The molecule has 0 saturated heterocycles. The second-order valence-electron chi connectivity index (χ2n) is 5.65. The molecule has 0 bridgehead atoms. The van der Waals surface area contributed by atoms with E-state index in [1.165, 1.54) is 0 Å². The minimum Gasteiger partial charge on any atom is -0.496 e. The zero-order chi connectivity index (χ0) is 17.1. The van der Waals surface area contributed by atoms with Crippen molar-refractivity contribution in [2.75, 3.05) is 14.2 Å². The van der Waals surface area contributed by atoms with E-state index >= 15 is 0 Å². The van der Waals surface area contributed by atoms with Crippen molar-refractivity contribution in [3.63, 3.8) is 0 Å². The van der Waals surface area contributed by atoms with Gasteiger partial charge >= 0.3 is 0 Å². The van der Waals surface area contributed by atoms with Crippen LogP contribution in [0.1, 0.15) is 34.2 Å². The predicted molar refractivity (Wildman–Crippen MR) is 93.4 cm³/mol. The second-order valence-corrected chi connectivity index (χ2v) is 6.08.